The molecular formula is C17H23NO. The summed E-state index contributed by atoms with van der Waals surface area (Å²) in [6.07, 6.45) is 0.954. The first-order valence-electron chi connectivity index (χ1n) is 6.95. The van der Waals surface area contributed by atoms with Crippen LogP contribution >= 0.6 is 0 Å². The number of furan rings is 1. The molecule has 0 bridgehead atoms. The van der Waals surface area contributed by atoms with Crippen LogP contribution < -0.4 is 5.32 Å². The second-order valence-electron chi connectivity index (χ2n) is 5.58. The minimum absolute atomic E-state index is 0.126. The molecule has 1 N–H and O–H groups in total. The lowest BCUT2D eigenvalue weighted by atomic mass is 9.84. The van der Waals surface area contributed by atoms with Crippen LogP contribution in [0.25, 0.3) is 0 Å². The van der Waals surface area contributed by atoms with Gasteiger partial charge in [-0.1, -0.05) is 51.1 Å². The van der Waals surface area contributed by atoms with E-state index in [4.69, 9.17) is 4.42 Å². The van der Waals surface area contributed by atoms with Gasteiger partial charge in [0.1, 0.15) is 11.5 Å². The third kappa shape index (κ3) is 3.71. The molecule has 0 aliphatic heterocycles. The van der Waals surface area contributed by atoms with E-state index in [9.17, 15) is 0 Å². The summed E-state index contributed by atoms with van der Waals surface area (Å²) in [6, 6.07) is 14.7. The Kier molecular flexibility index (Phi) is 4.43. The Morgan fingerprint density at radius 2 is 1.68 bits per heavy atom. The molecule has 0 amide bonds. The van der Waals surface area contributed by atoms with Gasteiger partial charge in [0.05, 0.1) is 6.54 Å². The molecule has 0 radical (unpaired) electrons. The fraction of sp³-hybridized carbons (Fsp3) is 0.412. The predicted molar refractivity (Wildman–Crippen MR) is 79.3 cm³/mol. The number of benzene rings is 1. The van der Waals surface area contributed by atoms with Crippen molar-refractivity contribution >= 4 is 0 Å². The largest absolute Gasteiger partial charge is 0.465 e. The minimum atomic E-state index is 0.126. The minimum Gasteiger partial charge on any atom is -0.465 e. The van der Waals surface area contributed by atoms with E-state index in [0.29, 0.717) is 0 Å². The predicted octanol–water partition coefficient (Wildman–Crippen LogP) is 3.91. The van der Waals surface area contributed by atoms with Crippen LogP contribution in [-0.4, -0.2) is 6.54 Å². The molecule has 1 aromatic carbocycles. The van der Waals surface area contributed by atoms with Gasteiger partial charge in [-0.3, -0.25) is 0 Å². The number of nitrogens with one attached hydrogen (secondary N) is 1. The lowest BCUT2D eigenvalue weighted by molar-refractivity contribution is 0.418. The number of hydrogen-bond acceptors (Lipinski definition) is 2. The summed E-state index contributed by atoms with van der Waals surface area (Å²) < 4.78 is 5.69. The summed E-state index contributed by atoms with van der Waals surface area (Å²) in [4.78, 5) is 0. The van der Waals surface area contributed by atoms with Crippen LogP contribution in [0.5, 0.6) is 0 Å². The van der Waals surface area contributed by atoms with Crippen LogP contribution in [0.4, 0.5) is 0 Å². The maximum absolute atomic E-state index is 5.69. The summed E-state index contributed by atoms with van der Waals surface area (Å²) >= 11 is 0. The van der Waals surface area contributed by atoms with Gasteiger partial charge in [0.25, 0.3) is 0 Å². The molecule has 2 rings (SSSR count). The van der Waals surface area contributed by atoms with Crippen molar-refractivity contribution in [1.29, 1.82) is 0 Å². The smallest absolute Gasteiger partial charge is 0.117 e. The fourth-order valence-electron chi connectivity index (χ4n) is 2.20. The summed E-state index contributed by atoms with van der Waals surface area (Å²) in [5.74, 6) is 2.07. The highest BCUT2D eigenvalue weighted by Gasteiger charge is 2.19. The van der Waals surface area contributed by atoms with Crippen molar-refractivity contribution in [3.05, 3.63) is 59.5 Å². The third-order valence-corrected chi connectivity index (χ3v) is 3.49. The zero-order valence-electron chi connectivity index (χ0n) is 12.1. The average molecular weight is 257 g/mol. The lowest BCUT2D eigenvalue weighted by Crippen LogP contribution is -2.32. The third-order valence-electron chi connectivity index (χ3n) is 3.49. The molecule has 102 valence electrons. The summed E-state index contributed by atoms with van der Waals surface area (Å²) in [5, 5.41) is 3.48. The number of rotatable bonds is 6. The van der Waals surface area contributed by atoms with Crippen molar-refractivity contribution in [2.45, 2.75) is 39.2 Å². The highest BCUT2D eigenvalue weighted by atomic mass is 16.3. The molecule has 2 aromatic rings. The van der Waals surface area contributed by atoms with Crippen molar-refractivity contribution in [3.8, 4) is 0 Å². The summed E-state index contributed by atoms with van der Waals surface area (Å²) in [6.45, 7) is 8.34. The van der Waals surface area contributed by atoms with Crippen LogP contribution in [0, 0.1) is 0 Å². The Morgan fingerprint density at radius 1 is 1.00 bits per heavy atom. The normalized spacial score (nSPS) is 11.7. The van der Waals surface area contributed by atoms with Crippen LogP contribution in [0.2, 0.25) is 0 Å². The molecular weight excluding hydrogens is 234 g/mol. The standard InChI is InChI=1S/C17H23NO/c1-4-15-10-11-16(19-15)12-18-13-17(2,3)14-8-6-5-7-9-14/h5-11,18H,4,12-13H2,1-3H3. The van der Waals surface area contributed by atoms with E-state index in [-0.39, 0.29) is 5.41 Å². The van der Waals surface area contributed by atoms with E-state index in [1.807, 2.05) is 0 Å². The van der Waals surface area contributed by atoms with E-state index in [0.717, 1.165) is 31.0 Å². The second kappa shape index (κ2) is 6.07. The monoisotopic (exact) mass is 257 g/mol. The molecule has 0 fully saturated rings. The van der Waals surface area contributed by atoms with Crippen LogP contribution in [0.1, 0.15) is 37.9 Å². The zero-order valence-corrected chi connectivity index (χ0v) is 12.1. The van der Waals surface area contributed by atoms with E-state index in [1.165, 1.54) is 5.56 Å². The van der Waals surface area contributed by atoms with E-state index < -0.39 is 0 Å². The van der Waals surface area contributed by atoms with Gasteiger partial charge >= 0.3 is 0 Å². The van der Waals surface area contributed by atoms with Gasteiger partial charge in [0.2, 0.25) is 0 Å². The Bertz CT molecular complexity index is 499. The van der Waals surface area contributed by atoms with Crippen molar-refractivity contribution in [3.63, 3.8) is 0 Å². The molecule has 0 aliphatic carbocycles. The number of hydrogen-bond donors (Lipinski definition) is 1. The molecule has 0 saturated carbocycles. The van der Waals surface area contributed by atoms with Gasteiger partial charge < -0.3 is 9.73 Å². The first-order chi connectivity index (χ1) is 9.12. The topological polar surface area (TPSA) is 25.2 Å². The Balaban J connectivity index is 1.88. The van der Waals surface area contributed by atoms with Crippen molar-refractivity contribution in [2.75, 3.05) is 6.54 Å². The molecule has 2 heteroatoms. The van der Waals surface area contributed by atoms with Gasteiger partial charge in [0.15, 0.2) is 0 Å². The van der Waals surface area contributed by atoms with Gasteiger partial charge in [-0.2, -0.15) is 0 Å². The van der Waals surface area contributed by atoms with E-state index >= 15 is 0 Å². The SMILES string of the molecule is CCc1ccc(CNCC(C)(C)c2ccccc2)o1. The molecule has 1 aromatic heterocycles. The molecule has 0 saturated heterocycles. The fourth-order valence-corrected chi connectivity index (χ4v) is 2.20. The zero-order chi connectivity index (χ0) is 13.7. The molecule has 0 atom stereocenters. The first-order valence-corrected chi connectivity index (χ1v) is 6.95. The molecule has 0 aliphatic rings. The van der Waals surface area contributed by atoms with Gasteiger partial charge in [0, 0.05) is 18.4 Å². The molecule has 0 spiro atoms. The average Bonchev–Trinajstić information content (AvgIpc) is 2.87. The van der Waals surface area contributed by atoms with Gasteiger partial charge in [-0.05, 0) is 17.7 Å². The molecule has 1 heterocycles. The van der Waals surface area contributed by atoms with Crippen LogP contribution in [0.15, 0.2) is 46.9 Å². The van der Waals surface area contributed by atoms with E-state index in [2.05, 4.69) is 68.6 Å². The highest BCUT2D eigenvalue weighted by molar-refractivity contribution is 5.23. The Morgan fingerprint density at radius 3 is 2.32 bits per heavy atom. The maximum Gasteiger partial charge on any atom is 0.117 e. The summed E-state index contributed by atoms with van der Waals surface area (Å²) in [7, 11) is 0. The maximum atomic E-state index is 5.69. The molecule has 0 unspecified atom stereocenters. The van der Waals surface area contributed by atoms with Crippen molar-refractivity contribution in [2.24, 2.45) is 0 Å². The number of aryl methyl sites for hydroxylation is 1. The Labute approximate surface area is 115 Å². The van der Waals surface area contributed by atoms with Gasteiger partial charge in [-0.15, -0.1) is 0 Å². The Hall–Kier alpha value is -1.54. The van der Waals surface area contributed by atoms with Crippen molar-refractivity contribution in [1.82, 2.24) is 5.32 Å². The van der Waals surface area contributed by atoms with Crippen LogP contribution in [-0.2, 0) is 18.4 Å². The lowest BCUT2D eigenvalue weighted by Gasteiger charge is -2.25. The van der Waals surface area contributed by atoms with E-state index in [1.54, 1.807) is 0 Å². The summed E-state index contributed by atoms with van der Waals surface area (Å²) in [5.41, 5.74) is 1.48. The van der Waals surface area contributed by atoms with Crippen LogP contribution in [0.3, 0.4) is 0 Å². The van der Waals surface area contributed by atoms with Gasteiger partial charge in [-0.25, -0.2) is 0 Å². The molecule has 19 heavy (non-hydrogen) atoms. The quantitative estimate of drug-likeness (QED) is 0.848. The highest BCUT2D eigenvalue weighted by Crippen LogP contribution is 2.21. The first kappa shape index (κ1) is 13.9. The molecule has 2 nitrogen and oxygen atoms in total. The second-order valence-corrected chi connectivity index (χ2v) is 5.58. The van der Waals surface area contributed by atoms with Crippen molar-refractivity contribution < 1.29 is 4.42 Å².